The Morgan fingerprint density at radius 2 is 1.95 bits per heavy atom. The van der Waals surface area contributed by atoms with Crippen LogP contribution in [0.3, 0.4) is 0 Å². The average molecular weight is 294 g/mol. The number of aromatic nitrogens is 1. The lowest BCUT2D eigenvalue weighted by Crippen LogP contribution is -2.09. The molecule has 112 valence electrons. The fourth-order valence-electron chi connectivity index (χ4n) is 2.78. The number of carbonyl (C=O) groups is 1. The maximum absolute atomic E-state index is 11.6. The van der Waals surface area contributed by atoms with Crippen LogP contribution < -0.4 is 5.90 Å². The number of nitrogens with two attached hydrogens (primary N) is 1. The van der Waals surface area contributed by atoms with Gasteiger partial charge in [-0.05, 0) is 42.7 Å². The molecular formula is C18H18N2O2. The molecule has 0 unspecified atom stereocenters. The lowest BCUT2D eigenvalue weighted by Gasteiger charge is -2.03. The van der Waals surface area contributed by atoms with Crippen molar-refractivity contribution >= 4 is 16.9 Å². The van der Waals surface area contributed by atoms with Gasteiger partial charge in [0, 0.05) is 23.6 Å². The molecule has 1 heterocycles. The van der Waals surface area contributed by atoms with Crippen LogP contribution in [0.25, 0.3) is 10.9 Å². The van der Waals surface area contributed by atoms with Crippen LogP contribution in [-0.4, -0.2) is 10.5 Å². The van der Waals surface area contributed by atoms with Crippen LogP contribution >= 0.6 is 0 Å². The third kappa shape index (κ3) is 2.61. The molecule has 0 saturated heterocycles. The highest BCUT2D eigenvalue weighted by Crippen LogP contribution is 2.25. The van der Waals surface area contributed by atoms with Crippen molar-refractivity contribution in [2.75, 3.05) is 0 Å². The molecule has 0 atom stereocenters. The maximum Gasteiger partial charge on any atom is 0.356 e. The van der Waals surface area contributed by atoms with E-state index >= 15 is 0 Å². The second-order valence-corrected chi connectivity index (χ2v) is 5.24. The number of hydrogen-bond acceptors (Lipinski definition) is 3. The Labute approximate surface area is 129 Å². The fraction of sp³-hybridized carbons (Fsp3) is 0.167. The molecule has 3 rings (SSSR count). The molecule has 0 bridgehead atoms. The second kappa shape index (κ2) is 6.03. The summed E-state index contributed by atoms with van der Waals surface area (Å²) in [4.78, 5) is 16.0. The van der Waals surface area contributed by atoms with Crippen molar-refractivity contribution in [3.8, 4) is 0 Å². The van der Waals surface area contributed by atoms with Crippen molar-refractivity contribution in [3.05, 3.63) is 71.4 Å². The molecule has 2 N–H and O–H groups in total. The normalized spacial score (nSPS) is 10.8. The Balaban J connectivity index is 2.09. The van der Waals surface area contributed by atoms with Gasteiger partial charge >= 0.3 is 5.97 Å². The Bertz CT molecular complexity index is 807. The van der Waals surface area contributed by atoms with Gasteiger partial charge < -0.3 is 9.40 Å². The second-order valence-electron chi connectivity index (χ2n) is 5.24. The van der Waals surface area contributed by atoms with Gasteiger partial charge in [-0.25, -0.2) is 4.79 Å². The van der Waals surface area contributed by atoms with Crippen LogP contribution in [-0.2, 0) is 17.8 Å². The van der Waals surface area contributed by atoms with E-state index in [9.17, 15) is 4.79 Å². The predicted octanol–water partition coefficient (Wildman–Crippen LogP) is 3.28. The first-order valence-electron chi connectivity index (χ1n) is 7.29. The molecule has 2 aromatic carbocycles. The van der Waals surface area contributed by atoms with Gasteiger partial charge in [-0.3, -0.25) is 0 Å². The topological polar surface area (TPSA) is 57.2 Å². The number of aryl methyl sites for hydroxylation is 1. The Hall–Kier alpha value is -2.59. The minimum atomic E-state index is -0.517. The zero-order valence-electron chi connectivity index (χ0n) is 12.5. The zero-order chi connectivity index (χ0) is 15.5. The van der Waals surface area contributed by atoms with Gasteiger partial charge in [0.05, 0.1) is 5.56 Å². The van der Waals surface area contributed by atoms with Crippen LogP contribution in [0, 0.1) is 0 Å². The first kappa shape index (κ1) is 14.4. The highest BCUT2D eigenvalue weighted by atomic mass is 16.7. The van der Waals surface area contributed by atoms with Crippen molar-refractivity contribution in [3.63, 3.8) is 0 Å². The molecule has 0 amide bonds. The molecule has 0 radical (unpaired) electrons. The van der Waals surface area contributed by atoms with E-state index < -0.39 is 5.97 Å². The van der Waals surface area contributed by atoms with Gasteiger partial charge in [-0.15, -0.1) is 0 Å². The van der Waals surface area contributed by atoms with Gasteiger partial charge in [-0.2, -0.15) is 5.90 Å². The van der Waals surface area contributed by atoms with Gasteiger partial charge in [0.2, 0.25) is 0 Å². The summed E-state index contributed by atoms with van der Waals surface area (Å²) in [6.07, 6.45) is 2.97. The number of nitrogens with zero attached hydrogens (tertiary/aromatic N) is 1. The highest BCUT2D eigenvalue weighted by Gasteiger charge is 2.12. The van der Waals surface area contributed by atoms with Crippen molar-refractivity contribution in [2.24, 2.45) is 5.90 Å². The van der Waals surface area contributed by atoms with Crippen molar-refractivity contribution in [2.45, 2.75) is 19.9 Å². The van der Waals surface area contributed by atoms with Crippen molar-refractivity contribution in [1.29, 1.82) is 0 Å². The number of fused-ring (bicyclic) bond motifs is 1. The van der Waals surface area contributed by atoms with E-state index in [2.05, 4.69) is 34.7 Å². The molecule has 0 fully saturated rings. The Morgan fingerprint density at radius 1 is 1.18 bits per heavy atom. The molecule has 4 nitrogen and oxygen atoms in total. The zero-order valence-corrected chi connectivity index (χ0v) is 12.5. The first-order chi connectivity index (χ1) is 10.7. The van der Waals surface area contributed by atoms with E-state index in [0.29, 0.717) is 5.56 Å². The lowest BCUT2D eigenvalue weighted by atomic mass is 10.0. The molecule has 22 heavy (non-hydrogen) atoms. The Kier molecular flexibility index (Phi) is 3.94. The summed E-state index contributed by atoms with van der Waals surface area (Å²) in [7, 11) is 0. The molecule has 0 aliphatic carbocycles. The maximum atomic E-state index is 11.6. The summed E-state index contributed by atoms with van der Waals surface area (Å²) in [5, 5.41) is 1.06. The number of rotatable bonds is 4. The van der Waals surface area contributed by atoms with Crippen molar-refractivity contribution < 1.29 is 9.63 Å². The summed E-state index contributed by atoms with van der Waals surface area (Å²) in [5.74, 6) is 4.47. The molecule has 4 heteroatoms. The molecule has 0 aliphatic rings. The summed E-state index contributed by atoms with van der Waals surface area (Å²) in [5.41, 5.74) is 4.01. The van der Waals surface area contributed by atoms with E-state index in [1.54, 1.807) is 6.07 Å². The quantitative estimate of drug-likeness (QED) is 0.751. The van der Waals surface area contributed by atoms with Crippen LogP contribution in [0.4, 0.5) is 0 Å². The van der Waals surface area contributed by atoms with E-state index in [-0.39, 0.29) is 0 Å². The third-order valence-electron chi connectivity index (χ3n) is 3.88. The van der Waals surface area contributed by atoms with E-state index in [1.807, 2.05) is 30.3 Å². The van der Waals surface area contributed by atoms with E-state index in [1.165, 1.54) is 11.1 Å². The molecule has 3 aromatic rings. The largest absolute Gasteiger partial charge is 0.370 e. The third-order valence-corrected chi connectivity index (χ3v) is 3.88. The van der Waals surface area contributed by atoms with Crippen molar-refractivity contribution in [1.82, 2.24) is 4.57 Å². The summed E-state index contributed by atoms with van der Waals surface area (Å²) < 4.78 is 2.19. The molecule has 0 aliphatic heterocycles. The SMILES string of the molecule is CCn1cc(Cc2ccccc2)c2cc(C(=O)ON)ccc21. The number of hydrogen-bond donors (Lipinski definition) is 1. The molecular weight excluding hydrogens is 276 g/mol. The number of carbonyl (C=O) groups excluding carboxylic acids is 1. The molecule has 0 spiro atoms. The summed E-state index contributed by atoms with van der Waals surface area (Å²) in [6, 6.07) is 15.8. The summed E-state index contributed by atoms with van der Waals surface area (Å²) >= 11 is 0. The van der Waals surface area contributed by atoms with Crippen LogP contribution in [0.2, 0.25) is 0 Å². The Morgan fingerprint density at radius 3 is 2.64 bits per heavy atom. The van der Waals surface area contributed by atoms with Crippen LogP contribution in [0.1, 0.15) is 28.4 Å². The van der Waals surface area contributed by atoms with Gasteiger partial charge in [0.25, 0.3) is 0 Å². The molecule has 0 saturated carbocycles. The van der Waals surface area contributed by atoms with Gasteiger partial charge in [0.15, 0.2) is 0 Å². The van der Waals surface area contributed by atoms with E-state index in [4.69, 9.17) is 5.90 Å². The number of benzene rings is 2. The minimum absolute atomic E-state index is 0.471. The summed E-state index contributed by atoms with van der Waals surface area (Å²) in [6.45, 7) is 2.99. The minimum Gasteiger partial charge on any atom is -0.370 e. The van der Waals surface area contributed by atoms with Crippen LogP contribution in [0.5, 0.6) is 0 Å². The highest BCUT2D eigenvalue weighted by molar-refractivity contribution is 5.96. The first-order valence-corrected chi connectivity index (χ1v) is 7.29. The van der Waals surface area contributed by atoms with Crippen LogP contribution in [0.15, 0.2) is 54.7 Å². The van der Waals surface area contributed by atoms with E-state index in [0.717, 1.165) is 23.9 Å². The van der Waals surface area contributed by atoms with Gasteiger partial charge in [0.1, 0.15) is 0 Å². The average Bonchev–Trinajstić information content (AvgIpc) is 2.92. The predicted molar refractivity (Wildman–Crippen MR) is 86.5 cm³/mol. The standard InChI is InChI=1S/C18H18N2O2/c1-2-20-12-15(10-13-6-4-3-5-7-13)16-11-14(18(21)22-19)8-9-17(16)20/h3-9,11-12H,2,10,19H2,1H3. The molecule has 1 aromatic heterocycles. The van der Waals surface area contributed by atoms with Gasteiger partial charge in [-0.1, -0.05) is 30.3 Å². The monoisotopic (exact) mass is 294 g/mol. The fourth-order valence-corrected chi connectivity index (χ4v) is 2.78. The smallest absolute Gasteiger partial charge is 0.356 e. The lowest BCUT2D eigenvalue weighted by molar-refractivity contribution is 0.0503.